The van der Waals surface area contributed by atoms with Crippen LogP contribution in [-0.4, -0.2) is 35.7 Å². The van der Waals surface area contributed by atoms with E-state index >= 15 is 0 Å². The number of halogens is 1. The van der Waals surface area contributed by atoms with Gasteiger partial charge in [-0.3, -0.25) is 0 Å². The van der Waals surface area contributed by atoms with Crippen LogP contribution in [0, 0.1) is 0 Å². The first kappa shape index (κ1) is 16.0. The largest absolute Gasteiger partial charge is 0.396 e. The van der Waals surface area contributed by atoms with Gasteiger partial charge in [0, 0.05) is 29.7 Å². The summed E-state index contributed by atoms with van der Waals surface area (Å²) in [5.74, 6) is 0. The van der Waals surface area contributed by atoms with Crippen LogP contribution in [0.5, 0.6) is 0 Å². The van der Waals surface area contributed by atoms with Crippen molar-refractivity contribution in [2.45, 2.75) is 44.2 Å². The number of likely N-dealkylation sites (tertiary alicyclic amines) is 1. The van der Waals surface area contributed by atoms with E-state index in [4.69, 9.17) is 10.8 Å². The summed E-state index contributed by atoms with van der Waals surface area (Å²) in [5.41, 5.74) is 7.50. The van der Waals surface area contributed by atoms with Crippen LogP contribution in [0.25, 0.3) is 0 Å². The molecule has 2 unspecified atom stereocenters. The van der Waals surface area contributed by atoms with Crippen molar-refractivity contribution in [2.24, 2.45) is 5.73 Å². The van der Waals surface area contributed by atoms with Crippen LogP contribution >= 0.6 is 15.9 Å². The lowest BCUT2D eigenvalue weighted by molar-refractivity contribution is 0.211. The van der Waals surface area contributed by atoms with Gasteiger partial charge in [0.05, 0.1) is 0 Å². The third-order valence-corrected chi connectivity index (χ3v) is 4.69. The van der Waals surface area contributed by atoms with Crippen LogP contribution in [0.1, 0.15) is 43.7 Å². The standard InChI is InChI=1S/C16H25BrN2O/c17-14-5-1-4-13(12-14)16(18)8-10-19-9-2-6-15(19)7-3-11-20/h1,4-5,12,15-16,20H,2-3,6-11,18H2. The number of hydrogen-bond donors (Lipinski definition) is 2. The Balaban J connectivity index is 1.82. The number of rotatable bonds is 7. The Morgan fingerprint density at radius 3 is 3.05 bits per heavy atom. The Labute approximate surface area is 130 Å². The van der Waals surface area contributed by atoms with Gasteiger partial charge in [0.15, 0.2) is 0 Å². The normalized spacial score (nSPS) is 21.2. The Morgan fingerprint density at radius 2 is 2.30 bits per heavy atom. The molecule has 4 heteroatoms. The second-order valence-corrected chi connectivity index (χ2v) is 6.56. The minimum atomic E-state index is 0.103. The summed E-state index contributed by atoms with van der Waals surface area (Å²) in [7, 11) is 0. The molecule has 1 aliphatic rings. The average molecular weight is 341 g/mol. The molecular formula is C16H25BrN2O. The fraction of sp³-hybridized carbons (Fsp3) is 0.625. The molecule has 20 heavy (non-hydrogen) atoms. The predicted molar refractivity (Wildman–Crippen MR) is 86.6 cm³/mol. The molecule has 2 rings (SSSR count). The third-order valence-electron chi connectivity index (χ3n) is 4.20. The highest BCUT2D eigenvalue weighted by Crippen LogP contribution is 2.24. The molecule has 112 valence electrons. The maximum absolute atomic E-state index is 8.96. The second-order valence-electron chi connectivity index (χ2n) is 5.65. The lowest BCUT2D eigenvalue weighted by Gasteiger charge is -2.25. The molecule has 1 aliphatic heterocycles. The molecule has 0 amide bonds. The molecule has 0 aromatic heterocycles. The lowest BCUT2D eigenvalue weighted by atomic mass is 10.0. The fourth-order valence-corrected chi connectivity index (χ4v) is 3.47. The van der Waals surface area contributed by atoms with E-state index in [2.05, 4.69) is 33.0 Å². The van der Waals surface area contributed by atoms with Crippen LogP contribution in [-0.2, 0) is 0 Å². The van der Waals surface area contributed by atoms with Gasteiger partial charge in [0.2, 0.25) is 0 Å². The molecule has 0 bridgehead atoms. The van der Waals surface area contributed by atoms with E-state index in [0.29, 0.717) is 12.6 Å². The van der Waals surface area contributed by atoms with Gasteiger partial charge in [-0.1, -0.05) is 28.1 Å². The van der Waals surface area contributed by atoms with Gasteiger partial charge in [-0.05, 0) is 56.3 Å². The maximum Gasteiger partial charge on any atom is 0.0431 e. The zero-order valence-electron chi connectivity index (χ0n) is 12.0. The minimum Gasteiger partial charge on any atom is -0.396 e. The minimum absolute atomic E-state index is 0.103. The Morgan fingerprint density at radius 1 is 1.45 bits per heavy atom. The van der Waals surface area contributed by atoms with Crippen LogP contribution in [0.4, 0.5) is 0 Å². The van der Waals surface area contributed by atoms with Crippen molar-refractivity contribution in [3.63, 3.8) is 0 Å². The first-order valence-electron chi connectivity index (χ1n) is 7.56. The van der Waals surface area contributed by atoms with Gasteiger partial charge in [0.25, 0.3) is 0 Å². The number of aliphatic hydroxyl groups is 1. The molecule has 2 atom stereocenters. The van der Waals surface area contributed by atoms with E-state index in [1.165, 1.54) is 24.9 Å². The Kier molecular flexibility index (Phi) is 6.49. The number of benzene rings is 1. The molecule has 0 spiro atoms. The number of nitrogens with zero attached hydrogens (tertiary/aromatic N) is 1. The summed E-state index contributed by atoms with van der Waals surface area (Å²) in [5, 5.41) is 8.96. The van der Waals surface area contributed by atoms with Gasteiger partial charge in [0.1, 0.15) is 0 Å². The molecular weight excluding hydrogens is 316 g/mol. The van der Waals surface area contributed by atoms with Crippen molar-refractivity contribution in [3.8, 4) is 0 Å². The van der Waals surface area contributed by atoms with Crippen molar-refractivity contribution in [1.29, 1.82) is 0 Å². The molecule has 1 saturated heterocycles. The van der Waals surface area contributed by atoms with Gasteiger partial charge >= 0.3 is 0 Å². The van der Waals surface area contributed by atoms with Crippen molar-refractivity contribution in [3.05, 3.63) is 34.3 Å². The van der Waals surface area contributed by atoms with E-state index < -0.39 is 0 Å². The smallest absolute Gasteiger partial charge is 0.0431 e. The summed E-state index contributed by atoms with van der Waals surface area (Å²) in [6.07, 6.45) is 5.57. The highest BCUT2D eigenvalue weighted by Gasteiger charge is 2.24. The first-order chi connectivity index (χ1) is 9.70. The van der Waals surface area contributed by atoms with Crippen LogP contribution in [0.15, 0.2) is 28.7 Å². The summed E-state index contributed by atoms with van der Waals surface area (Å²) < 4.78 is 1.09. The SMILES string of the molecule is NC(CCN1CCCC1CCCO)c1cccc(Br)c1. The molecule has 0 radical (unpaired) electrons. The molecule has 1 fully saturated rings. The Bertz CT molecular complexity index is 413. The quantitative estimate of drug-likeness (QED) is 0.801. The average Bonchev–Trinajstić information content (AvgIpc) is 2.90. The van der Waals surface area contributed by atoms with E-state index in [9.17, 15) is 0 Å². The van der Waals surface area contributed by atoms with E-state index in [-0.39, 0.29) is 6.04 Å². The summed E-state index contributed by atoms with van der Waals surface area (Å²) >= 11 is 3.50. The maximum atomic E-state index is 8.96. The van der Waals surface area contributed by atoms with Gasteiger partial charge in [-0.15, -0.1) is 0 Å². The molecule has 0 aliphatic carbocycles. The van der Waals surface area contributed by atoms with Gasteiger partial charge in [-0.25, -0.2) is 0 Å². The van der Waals surface area contributed by atoms with E-state index in [1.54, 1.807) is 0 Å². The van der Waals surface area contributed by atoms with E-state index in [1.807, 2.05) is 12.1 Å². The highest BCUT2D eigenvalue weighted by molar-refractivity contribution is 9.10. The van der Waals surface area contributed by atoms with E-state index in [0.717, 1.165) is 30.3 Å². The van der Waals surface area contributed by atoms with Crippen molar-refractivity contribution < 1.29 is 5.11 Å². The summed E-state index contributed by atoms with van der Waals surface area (Å²) in [4.78, 5) is 2.55. The number of hydrogen-bond acceptors (Lipinski definition) is 3. The highest BCUT2D eigenvalue weighted by atomic mass is 79.9. The fourth-order valence-electron chi connectivity index (χ4n) is 3.05. The summed E-state index contributed by atoms with van der Waals surface area (Å²) in [6.45, 7) is 2.55. The zero-order valence-corrected chi connectivity index (χ0v) is 13.6. The molecule has 1 aromatic rings. The molecule has 1 heterocycles. The first-order valence-corrected chi connectivity index (χ1v) is 8.36. The van der Waals surface area contributed by atoms with Crippen LogP contribution < -0.4 is 5.73 Å². The second kappa shape index (κ2) is 8.13. The van der Waals surface area contributed by atoms with Crippen LogP contribution in [0.3, 0.4) is 0 Å². The zero-order chi connectivity index (χ0) is 14.4. The molecule has 1 aromatic carbocycles. The van der Waals surface area contributed by atoms with Gasteiger partial charge in [-0.2, -0.15) is 0 Å². The summed E-state index contributed by atoms with van der Waals surface area (Å²) in [6, 6.07) is 9.03. The van der Waals surface area contributed by atoms with Crippen molar-refractivity contribution >= 4 is 15.9 Å². The Hall–Kier alpha value is -0.420. The molecule has 3 nitrogen and oxygen atoms in total. The predicted octanol–water partition coefficient (Wildman–Crippen LogP) is 3.08. The number of nitrogens with two attached hydrogens (primary N) is 1. The molecule has 0 saturated carbocycles. The van der Waals surface area contributed by atoms with Crippen molar-refractivity contribution in [2.75, 3.05) is 19.7 Å². The molecule has 3 N–H and O–H groups in total. The number of aliphatic hydroxyl groups excluding tert-OH is 1. The topological polar surface area (TPSA) is 49.5 Å². The monoisotopic (exact) mass is 340 g/mol. The van der Waals surface area contributed by atoms with Gasteiger partial charge < -0.3 is 15.7 Å². The lowest BCUT2D eigenvalue weighted by Crippen LogP contribution is -2.32. The van der Waals surface area contributed by atoms with Crippen molar-refractivity contribution in [1.82, 2.24) is 4.90 Å². The van der Waals surface area contributed by atoms with Crippen LogP contribution in [0.2, 0.25) is 0 Å². The third kappa shape index (κ3) is 4.55.